The summed E-state index contributed by atoms with van der Waals surface area (Å²) in [5, 5.41) is 42.4. The Morgan fingerprint density at radius 2 is 1.76 bits per heavy atom. The monoisotopic (exact) mass is 465 g/mol. The molecular weight excluding hydrogens is 430 g/mol. The molecule has 34 heavy (non-hydrogen) atoms. The fraction of sp³-hybridized carbons (Fsp3) is 0.462. The first-order chi connectivity index (χ1) is 16.3. The summed E-state index contributed by atoms with van der Waals surface area (Å²) in [4.78, 5) is 2.45. The van der Waals surface area contributed by atoms with Crippen LogP contribution in [0.3, 0.4) is 0 Å². The third-order valence-electron chi connectivity index (χ3n) is 6.76. The van der Waals surface area contributed by atoms with Crippen molar-refractivity contribution in [2.45, 2.75) is 58.2 Å². The van der Waals surface area contributed by atoms with Crippen LogP contribution >= 0.6 is 0 Å². The lowest BCUT2D eigenvalue weighted by molar-refractivity contribution is 0.293. The first-order valence-corrected chi connectivity index (χ1v) is 12.0. The number of hydrogen-bond acceptors (Lipinski definition) is 7. The van der Waals surface area contributed by atoms with Crippen LogP contribution in [0.2, 0.25) is 0 Å². The Labute approximate surface area is 200 Å². The molecule has 0 saturated carbocycles. The number of benzene rings is 2. The van der Waals surface area contributed by atoms with Crippen molar-refractivity contribution in [2.75, 3.05) is 20.1 Å². The molecule has 4 N–H and O–H groups in total. The van der Waals surface area contributed by atoms with Gasteiger partial charge in [0.15, 0.2) is 5.82 Å². The van der Waals surface area contributed by atoms with Crippen LogP contribution in [0.1, 0.15) is 55.7 Å². The number of aromatic nitrogens is 3. The number of likely N-dealkylation sites (tertiary alicyclic amines) is 1. The van der Waals surface area contributed by atoms with Gasteiger partial charge in [0.2, 0.25) is 0 Å². The number of phenols is 2. The van der Waals surface area contributed by atoms with Gasteiger partial charge in [-0.05, 0) is 68.1 Å². The highest BCUT2D eigenvalue weighted by Gasteiger charge is 2.21. The summed E-state index contributed by atoms with van der Waals surface area (Å²) in [5.41, 5.74) is 3.30. The van der Waals surface area contributed by atoms with Crippen molar-refractivity contribution >= 4 is 0 Å². The highest BCUT2D eigenvalue weighted by Crippen LogP contribution is 2.38. The van der Waals surface area contributed by atoms with Crippen LogP contribution in [0.4, 0.5) is 0 Å². The molecule has 1 aliphatic rings. The van der Waals surface area contributed by atoms with Gasteiger partial charge in [0, 0.05) is 18.7 Å². The largest absolute Gasteiger partial charge is 0.508 e. The molecule has 1 aromatic heterocycles. The smallest absolute Gasteiger partial charge is 0.315 e. The number of nitrogens with zero attached hydrogens (tertiary/aromatic N) is 4. The molecule has 2 aromatic carbocycles. The molecule has 4 rings (SSSR count). The van der Waals surface area contributed by atoms with Crippen LogP contribution in [0, 0.1) is 0 Å². The van der Waals surface area contributed by atoms with Crippen molar-refractivity contribution in [3.63, 3.8) is 0 Å². The molecule has 0 bridgehead atoms. The highest BCUT2D eigenvalue weighted by molar-refractivity contribution is 5.68. The van der Waals surface area contributed by atoms with E-state index in [4.69, 9.17) is 0 Å². The molecule has 3 aromatic rings. The van der Waals surface area contributed by atoms with E-state index in [0.29, 0.717) is 29.5 Å². The fourth-order valence-corrected chi connectivity index (χ4v) is 4.67. The van der Waals surface area contributed by atoms with Gasteiger partial charge in [0.25, 0.3) is 0 Å². The minimum Gasteiger partial charge on any atom is -0.508 e. The molecule has 182 valence electrons. The predicted molar refractivity (Wildman–Crippen MR) is 132 cm³/mol. The van der Waals surface area contributed by atoms with E-state index in [0.717, 1.165) is 18.7 Å². The van der Waals surface area contributed by atoms with E-state index in [1.165, 1.54) is 37.4 Å². The van der Waals surface area contributed by atoms with Gasteiger partial charge in [-0.15, -0.1) is 5.10 Å². The molecule has 8 heteroatoms. The molecule has 0 radical (unpaired) electrons. The van der Waals surface area contributed by atoms with Gasteiger partial charge in [0.1, 0.15) is 11.5 Å². The van der Waals surface area contributed by atoms with Gasteiger partial charge in [0.05, 0.1) is 12.1 Å². The van der Waals surface area contributed by atoms with E-state index in [-0.39, 0.29) is 23.4 Å². The maximum absolute atomic E-state index is 10.4. The van der Waals surface area contributed by atoms with E-state index in [1.54, 1.807) is 10.6 Å². The summed E-state index contributed by atoms with van der Waals surface area (Å²) in [6, 6.07) is 11.7. The van der Waals surface area contributed by atoms with Crippen molar-refractivity contribution in [3.8, 4) is 28.9 Å². The second kappa shape index (κ2) is 10.4. The zero-order chi connectivity index (χ0) is 24.2. The minimum absolute atomic E-state index is 0.0333. The first-order valence-electron chi connectivity index (χ1n) is 12.0. The zero-order valence-corrected chi connectivity index (χ0v) is 20.2. The molecule has 1 saturated heterocycles. The van der Waals surface area contributed by atoms with Gasteiger partial charge in [-0.1, -0.05) is 43.2 Å². The summed E-state index contributed by atoms with van der Waals surface area (Å²) < 4.78 is 1.56. The zero-order valence-electron chi connectivity index (χ0n) is 20.2. The van der Waals surface area contributed by atoms with Crippen molar-refractivity contribution < 1.29 is 15.3 Å². The van der Waals surface area contributed by atoms with Crippen LogP contribution in [-0.4, -0.2) is 61.2 Å². The Hall–Kier alpha value is -3.10. The Kier molecular flexibility index (Phi) is 7.38. The standard InChI is InChI=1S/C26H35N5O3/c1-17(2)21-13-22(24(33)14-23(21)32)25-28-29-26(34)31(25)16-19-8-6-18(7-9-19)15-27-11-10-20-5-4-12-30(20)3/h6-9,13-14,17,20,27,32-33H,4-5,10-12,15-16H2,1-3H3,(H,29,34). The van der Waals surface area contributed by atoms with Crippen molar-refractivity contribution in [3.05, 3.63) is 53.1 Å². The fourth-order valence-electron chi connectivity index (χ4n) is 4.67. The number of aromatic hydroxyl groups is 3. The molecule has 0 aliphatic carbocycles. The van der Waals surface area contributed by atoms with E-state index in [2.05, 4.69) is 39.6 Å². The SMILES string of the molecule is CC(C)c1cc(-c2nnc(O)n2Cc2ccc(CNCCC3CCCN3C)cc2)c(O)cc1O. The third kappa shape index (κ3) is 5.34. The van der Waals surface area contributed by atoms with Gasteiger partial charge in [-0.2, -0.15) is 0 Å². The Morgan fingerprint density at radius 3 is 2.44 bits per heavy atom. The molecule has 1 atom stereocenters. The highest BCUT2D eigenvalue weighted by atomic mass is 16.3. The lowest BCUT2D eigenvalue weighted by atomic mass is 9.98. The van der Waals surface area contributed by atoms with Gasteiger partial charge in [-0.25, -0.2) is 0 Å². The Bertz CT molecular complexity index is 1110. The van der Waals surface area contributed by atoms with Crippen LogP contribution in [-0.2, 0) is 13.1 Å². The number of rotatable bonds is 9. The average Bonchev–Trinajstić information content (AvgIpc) is 3.37. The number of hydrogen-bond donors (Lipinski definition) is 4. The minimum atomic E-state index is -0.226. The van der Waals surface area contributed by atoms with E-state index >= 15 is 0 Å². The van der Waals surface area contributed by atoms with Gasteiger partial charge >= 0.3 is 6.01 Å². The van der Waals surface area contributed by atoms with E-state index in [9.17, 15) is 15.3 Å². The van der Waals surface area contributed by atoms with Crippen LogP contribution < -0.4 is 5.32 Å². The van der Waals surface area contributed by atoms with Crippen molar-refractivity contribution in [1.82, 2.24) is 25.0 Å². The second-order valence-corrected chi connectivity index (χ2v) is 9.55. The summed E-state index contributed by atoms with van der Waals surface area (Å²) in [6.45, 7) is 7.31. The molecule has 2 heterocycles. The van der Waals surface area contributed by atoms with Crippen LogP contribution in [0.5, 0.6) is 17.5 Å². The third-order valence-corrected chi connectivity index (χ3v) is 6.76. The van der Waals surface area contributed by atoms with E-state index < -0.39 is 0 Å². The summed E-state index contributed by atoms with van der Waals surface area (Å²) in [7, 11) is 2.21. The molecule has 1 unspecified atom stereocenters. The lowest BCUT2D eigenvalue weighted by Crippen LogP contribution is -2.28. The van der Waals surface area contributed by atoms with Crippen LogP contribution in [0.25, 0.3) is 11.4 Å². The quantitative estimate of drug-likeness (QED) is 0.356. The topological polar surface area (TPSA) is 107 Å². The molecular formula is C26H35N5O3. The normalized spacial score (nSPS) is 16.5. The molecule has 1 fully saturated rings. The molecule has 8 nitrogen and oxygen atoms in total. The molecule has 1 aliphatic heterocycles. The predicted octanol–water partition coefficient (Wildman–Crippen LogP) is 3.81. The first kappa shape index (κ1) is 24.0. The van der Waals surface area contributed by atoms with Gasteiger partial charge in [-0.3, -0.25) is 4.57 Å². The average molecular weight is 466 g/mol. The van der Waals surface area contributed by atoms with Crippen molar-refractivity contribution in [2.24, 2.45) is 0 Å². The Balaban J connectivity index is 1.42. The maximum atomic E-state index is 10.4. The maximum Gasteiger partial charge on any atom is 0.315 e. The molecule has 0 spiro atoms. The molecule has 0 amide bonds. The van der Waals surface area contributed by atoms with E-state index in [1.807, 2.05) is 26.0 Å². The number of nitrogens with one attached hydrogen (secondary N) is 1. The lowest BCUT2D eigenvalue weighted by Gasteiger charge is -2.19. The second-order valence-electron chi connectivity index (χ2n) is 9.55. The summed E-state index contributed by atoms with van der Waals surface area (Å²) in [5.74, 6) is 0.329. The summed E-state index contributed by atoms with van der Waals surface area (Å²) in [6.07, 6.45) is 3.77. The summed E-state index contributed by atoms with van der Waals surface area (Å²) >= 11 is 0. The van der Waals surface area contributed by atoms with Crippen molar-refractivity contribution in [1.29, 1.82) is 0 Å². The number of phenolic OH excluding ortho intramolecular Hbond substituents is 2. The van der Waals surface area contributed by atoms with Crippen LogP contribution in [0.15, 0.2) is 36.4 Å². The Morgan fingerprint density at radius 1 is 1.03 bits per heavy atom. The van der Waals surface area contributed by atoms with Gasteiger partial charge < -0.3 is 25.5 Å².